The number of hydrogen-bond acceptors (Lipinski definition) is 5. The smallest absolute Gasteiger partial charge is 0.340 e. The summed E-state index contributed by atoms with van der Waals surface area (Å²) in [4.78, 5) is 12.9. The van der Waals surface area contributed by atoms with Crippen LogP contribution in [0, 0.1) is 0 Å². The summed E-state index contributed by atoms with van der Waals surface area (Å²) in [6.45, 7) is 0. The van der Waals surface area contributed by atoms with E-state index in [0.29, 0.717) is 28.5 Å². The summed E-state index contributed by atoms with van der Waals surface area (Å²) in [5.41, 5.74) is 8.37. The largest absolute Gasteiger partial charge is 0.496 e. The maximum Gasteiger partial charge on any atom is 0.340 e. The Kier molecular flexibility index (Phi) is 3.25. The summed E-state index contributed by atoms with van der Waals surface area (Å²) in [5, 5.41) is 1.79. The van der Waals surface area contributed by atoms with Crippen LogP contribution in [0.25, 0.3) is 10.8 Å². The Hall–Kier alpha value is -3.99. The molecular formula is C25H17NO4. The van der Waals surface area contributed by atoms with Crippen LogP contribution in [0.2, 0.25) is 0 Å². The number of nitrogens with two attached hydrogens (primary N) is 1. The lowest BCUT2D eigenvalue weighted by atomic mass is 9.77. The van der Waals surface area contributed by atoms with Crippen LogP contribution >= 0.6 is 0 Å². The van der Waals surface area contributed by atoms with Crippen LogP contribution in [0.3, 0.4) is 0 Å². The van der Waals surface area contributed by atoms with Gasteiger partial charge in [0.25, 0.3) is 0 Å². The topological polar surface area (TPSA) is 70.8 Å². The third-order valence-electron chi connectivity index (χ3n) is 5.93. The molecule has 0 fully saturated rings. The van der Waals surface area contributed by atoms with Gasteiger partial charge in [-0.05, 0) is 35.7 Å². The van der Waals surface area contributed by atoms with Crippen molar-refractivity contribution in [2.75, 3.05) is 12.8 Å². The van der Waals surface area contributed by atoms with Gasteiger partial charge < -0.3 is 19.9 Å². The van der Waals surface area contributed by atoms with Crippen molar-refractivity contribution in [1.29, 1.82) is 0 Å². The van der Waals surface area contributed by atoms with E-state index in [4.69, 9.17) is 19.9 Å². The molecule has 0 bridgehead atoms. The van der Waals surface area contributed by atoms with Crippen molar-refractivity contribution in [2.24, 2.45) is 0 Å². The fourth-order valence-electron chi connectivity index (χ4n) is 4.65. The van der Waals surface area contributed by atoms with Crippen LogP contribution in [0.4, 0.5) is 5.69 Å². The zero-order valence-corrected chi connectivity index (χ0v) is 16.1. The van der Waals surface area contributed by atoms with E-state index < -0.39 is 5.60 Å². The van der Waals surface area contributed by atoms with E-state index in [1.54, 1.807) is 25.3 Å². The monoisotopic (exact) mass is 395 g/mol. The first kappa shape index (κ1) is 16.9. The SMILES string of the molecule is COc1cccc2ccc3c(c12)Oc1cc(N)ccc1C31OC(=O)c2ccccc21. The van der Waals surface area contributed by atoms with Gasteiger partial charge in [-0.25, -0.2) is 4.79 Å². The summed E-state index contributed by atoms with van der Waals surface area (Å²) in [6, 6.07) is 22.7. The number of hydrogen-bond donors (Lipinski definition) is 1. The Morgan fingerprint density at radius 3 is 2.60 bits per heavy atom. The van der Waals surface area contributed by atoms with Gasteiger partial charge in [0.2, 0.25) is 0 Å². The Labute approximate surface area is 172 Å². The molecule has 2 aliphatic rings. The quantitative estimate of drug-likeness (QED) is 0.363. The minimum Gasteiger partial charge on any atom is -0.496 e. The molecule has 5 nitrogen and oxygen atoms in total. The predicted octanol–water partition coefficient (Wildman–Crippen LogP) is 5.00. The first-order valence-electron chi connectivity index (χ1n) is 9.64. The Morgan fingerprint density at radius 2 is 1.73 bits per heavy atom. The number of carbonyl (C=O) groups excluding carboxylic acids is 1. The van der Waals surface area contributed by atoms with Gasteiger partial charge in [-0.2, -0.15) is 0 Å². The molecule has 2 aliphatic heterocycles. The van der Waals surface area contributed by atoms with E-state index in [9.17, 15) is 4.79 Å². The molecule has 1 unspecified atom stereocenters. The van der Waals surface area contributed by atoms with Gasteiger partial charge in [-0.15, -0.1) is 0 Å². The van der Waals surface area contributed by atoms with Crippen molar-refractivity contribution in [2.45, 2.75) is 5.60 Å². The Morgan fingerprint density at radius 1 is 0.900 bits per heavy atom. The number of esters is 1. The Bertz CT molecular complexity index is 1380. The van der Waals surface area contributed by atoms with Crippen LogP contribution in [0.15, 0.2) is 72.8 Å². The van der Waals surface area contributed by atoms with E-state index in [-0.39, 0.29) is 5.97 Å². The standard InChI is InChI=1S/C25H17NO4/c1-28-20-8-4-5-14-9-11-19-23(22(14)20)29-21-13-15(26)10-12-18(21)25(19)17-7-3-2-6-16(17)24(27)30-25/h2-13H,26H2,1H3. The van der Waals surface area contributed by atoms with E-state index >= 15 is 0 Å². The lowest BCUT2D eigenvalue weighted by Crippen LogP contribution is -2.33. The van der Waals surface area contributed by atoms with E-state index in [2.05, 4.69) is 0 Å². The third-order valence-corrected chi connectivity index (χ3v) is 5.93. The summed E-state index contributed by atoms with van der Waals surface area (Å²) in [7, 11) is 1.63. The number of fused-ring (bicyclic) bond motifs is 8. The van der Waals surface area contributed by atoms with Gasteiger partial charge in [0.15, 0.2) is 5.60 Å². The lowest BCUT2D eigenvalue weighted by Gasteiger charge is -2.37. The summed E-state index contributed by atoms with van der Waals surface area (Å²) < 4.78 is 18.2. The molecule has 0 aromatic heterocycles. The van der Waals surface area contributed by atoms with E-state index in [1.807, 2.05) is 54.6 Å². The molecule has 0 saturated carbocycles. The molecule has 2 N–H and O–H groups in total. The second-order valence-electron chi connectivity index (χ2n) is 7.47. The number of nitrogen functional groups attached to an aromatic ring is 1. The molecule has 146 valence electrons. The predicted molar refractivity (Wildman–Crippen MR) is 113 cm³/mol. The second-order valence-corrected chi connectivity index (χ2v) is 7.47. The molecule has 0 aliphatic carbocycles. The maximum atomic E-state index is 12.9. The van der Waals surface area contributed by atoms with Crippen LogP contribution < -0.4 is 15.2 Å². The highest BCUT2D eigenvalue weighted by Crippen LogP contribution is 2.58. The van der Waals surface area contributed by atoms with Crippen molar-refractivity contribution >= 4 is 22.4 Å². The first-order chi connectivity index (χ1) is 14.6. The van der Waals surface area contributed by atoms with Gasteiger partial charge in [0, 0.05) is 28.4 Å². The highest BCUT2D eigenvalue weighted by atomic mass is 16.6. The molecule has 4 aromatic rings. The zero-order valence-electron chi connectivity index (χ0n) is 16.1. The zero-order chi connectivity index (χ0) is 20.5. The van der Waals surface area contributed by atoms with Gasteiger partial charge in [-0.1, -0.05) is 36.4 Å². The summed E-state index contributed by atoms with van der Waals surface area (Å²) in [6.07, 6.45) is 0. The molecule has 30 heavy (non-hydrogen) atoms. The van der Waals surface area contributed by atoms with Crippen molar-refractivity contribution < 1.29 is 19.0 Å². The molecule has 6 rings (SSSR count). The van der Waals surface area contributed by atoms with Crippen molar-refractivity contribution in [1.82, 2.24) is 0 Å². The fourth-order valence-corrected chi connectivity index (χ4v) is 4.65. The Balaban J connectivity index is 1.79. The molecule has 1 atom stereocenters. The number of benzene rings is 4. The van der Waals surface area contributed by atoms with Crippen molar-refractivity contribution in [3.8, 4) is 17.2 Å². The minimum atomic E-state index is -1.11. The highest BCUT2D eigenvalue weighted by Gasteiger charge is 2.53. The molecule has 1 spiro atoms. The van der Waals surface area contributed by atoms with Crippen molar-refractivity contribution in [3.05, 3.63) is 95.1 Å². The van der Waals surface area contributed by atoms with Crippen molar-refractivity contribution in [3.63, 3.8) is 0 Å². The third kappa shape index (κ3) is 1.99. The molecule has 5 heteroatoms. The number of anilines is 1. The van der Waals surface area contributed by atoms with Crippen LogP contribution in [0.1, 0.15) is 27.0 Å². The van der Waals surface area contributed by atoms with E-state index in [0.717, 1.165) is 27.5 Å². The lowest BCUT2D eigenvalue weighted by molar-refractivity contribution is 0.0225. The van der Waals surface area contributed by atoms with Gasteiger partial charge >= 0.3 is 5.97 Å². The van der Waals surface area contributed by atoms with Crippen LogP contribution in [0.5, 0.6) is 17.2 Å². The molecular weight excluding hydrogens is 378 g/mol. The highest BCUT2D eigenvalue weighted by molar-refractivity contribution is 6.00. The second kappa shape index (κ2) is 5.76. The molecule has 2 heterocycles. The minimum absolute atomic E-state index is 0.360. The number of ether oxygens (including phenoxy) is 3. The van der Waals surface area contributed by atoms with Crippen LogP contribution in [-0.4, -0.2) is 13.1 Å². The average Bonchev–Trinajstić information content (AvgIpc) is 3.06. The molecule has 0 radical (unpaired) electrons. The molecule has 4 aromatic carbocycles. The van der Waals surface area contributed by atoms with E-state index in [1.165, 1.54) is 0 Å². The summed E-state index contributed by atoms with van der Waals surface area (Å²) in [5.74, 6) is 1.49. The fraction of sp³-hybridized carbons (Fsp3) is 0.0800. The molecule has 0 amide bonds. The van der Waals surface area contributed by atoms with Crippen LogP contribution in [-0.2, 0) is 10.3 Å². The number of carbonyl (C=O) groups is 1. The average molecular weight is 395 g/mol. The summed E-state index contributed by atoms with van der Waals surface area (Å²) >= 11 is 0. The van der Waals surface area contributed by atoms with Gasteiger partial charge in [0.1, 0.15) is 17.2 Å². The van der Waals surface area contributed by atoms with Gasteiger partial charge in [-0.3, -0.25) is 0 Å². The van der Waals surface area contributed by atoms with Gasteiger partial charge in [0.05, 0.1) is 18.1 Å². The molecule has 0 saturated heterocycles. The number of methoxy groups -OCH3 is 1. The normalized spacial score (nSPS) is 18.4. The first-order valence-corrected chi connectivity index (χ1v) is 9.64. The maximum absolute atomic E-state index is 12.9. The number of rotatable bonds is 1.